The van der Waals surface area contributed by atoms with Gasteiger partial charge in [-0.25, -0.2) is 0 Å². The van der Waals surface area contributed by atoms with Gasteiger partial charge in [0.2, 0.25) is 5.91 Å². The van der Waals surface area contributed by atoms with Crippen molar-refractivity contribution in [2.75, 3.05) is 10.6 Å². The maximum atomic E-state index is 12.5. The van der Waals surface area contributed by atoms with Gasteiger partial charge in [0.25, 0.3) is 11.8 Å². The Balaban J connectivity index is 1.57. The molecule has 1 unspecified atom stereocenters. The third-order valence-electron chi connectivity index (χ3n) is 4.51. The van der Waals surface area contributed by atoms with Crippen LogP contribution in [0.3, 0.4) is 0 Å². The Hall–Kier alpha value is -3.87. The van der Waals surface area contributed by atoms with Crippen molar-refractivity contribution in [3.63, 3.8) is 0 Å². The molecule has 7 heteroatoms. The van der Waals surface area contributed by atoms with Gasteiger partial charge in [-0.15, -0.1) is 0 Å². The van der Waals surface area contributed by atoms with Crippen molar-refractivity contribution in [3.05, 3.63) is 83.8 Å². The van der Waals surface area contributed by atoms with Crippen molar-refractivity contribution in [2.45, 2.75) is 26.3 Å². The van der Waals surface area contributed by atoms with Crippen LogP contribution in [0.25, 0.3) is 0 Å². The molecule has 0 spiro atoms. The van der Waals surface area contributed by atoms with Crippen LogP contribution in [0.15, 0.2) is 71.3 Å². The summed E-state index contributed by atoms with van der Waals surface area (Å²) >= 11 is 0. The minimum atomic E-state index is -0.357. The van der Waals surface area contributed by atoms with Crippen LogP contribution in [0.2, 0.25) is 0 Å². The molecule has 3 aromatic rings. The van der Waals surface area contributed by atoms with Crippen molar-refractivity contribution in [3.8, 4) is 0 Å². The Bertz CT molecular complexity index is 1010. The molecule has 3 rings (SSSR count). The van der Waals surface area contributed by atoms with E-state index >= 15 is 0 Å². The number of carbonyl (C=O) groups excluding carboxylic acids is 3. The summed E-state index contributed by atoms with van der Waals surface area (Å²) in [5.74, 6) is -0.419. The Labute approximate surface area is 174 Å². The van der Waals surface area contributed by atoms with Crippen LogP contribution in [0.1, 0.15) is 52.8 Å². The van der Waals surface area contributed by atoms with E-state index in [-0.39, 0.29) is 29.5 Å². The van der Waals surface area contributed by atoms with Crippen LogP contribution >= 0.6 is 0 Å². The van der Waals surface area contributed by atoms with Crippen molar-refractivity contribution < 1.29 is 18.8 Å². The summed E-state index contributed by atoms with van der Waals surface area (Å²) in [7, 11) is 0. The molecular formula is C23H23N3O4. The first-order valence-electron chi connectivity index (χ1n) is 9.62. The second-order valence-electron chi connectivity index (χ2n) is 6.73. The molecule has 0 saturated carbocycles. The zero-order valence-electron chi connectivity index (χ0n) is 16.8. The van der Waals surface area contributed by atoms with Gasteiger partial charge >= 0.3 is 0 Å². The molecular weight excluding hydrogens is 382 g/mol. The van der Waals surface area contributed by atoms with Gasteiger partial charge in [-0.05, 0) is 61.0 Å². The molecule has 1 aromatic heterocycles. The smallest absolute Gasteiger partial charge is 0.291 e. The van der Waals surface area contributed by atoms with Crippen LogP contribution < -0.4 is 16.0 Å². The SMILES string of the molecule is CCC(=O)Nc1ccc(C(C)NC(=O)c2ccc(NC(=O)c3ccco3)cc2)cc1. The average Bonchev–Trinajstić information content (AvgIpc) is 3.29. The molecule has 0 aliphatic rings. The van der Waals surface area contributed by atoms with E-state index in [1.807, 2.05) is 31.2 Å². The second-order valence-corrected chi connectivity index (χ2v) is 6.73. The first kappa shape index (κ1) is 20.9. The first-order valence-corrected chi connectivity index (χ1v) is 9.62. The number of nitrogens with one attached hydrogen (secondary N) is 3. The molecule has 0 saturated heterocycles. The number of furan rings is 1. The lowest BCUT2D eigenvalue weighted by Crippen LogP contribution is -2.26. The van der Waals surface area contributed by atoms with Gasteiger partial charge in [0.15, 0.2) is 5.76 Å². The molecule has 1 heterocycles. The zero-order chi connectivity index (χ0) is 21.5. The molecule has 0 aliphatic carbocycles. The standard InChI is InChI=1S/C23H23N3O4/c1-3-21(27)25-18-10-6-16(7-11-18)15(2)24-22(28)17-8-12-19(13-9-17)26-23(29)20-5-4-14-30-20/h4-15H,3H2,1-2H3,(H,24,28)(H,25,27)(H,26,29). The van der Waals surface area contributed by atoms with Crippen LogP contribution in [0, 0.1) is 0 Å². The Morgan fingerprint density at radius 3 is 2.10 bits per heavy atom. The van der Waals surface area contributed by atoms with E-state index in [1.165, 1.54) is 6.26 Å². The van der Waals surface area contributed by atoms with E-state index in [1.54, 1.807) is 43.3 Å². The number of hydrogen-bond donors (Lipinski definition) is 3. The third-order valence-corrected chi connectivity index (χ3v) is 4.51. The van der Waals surface area contributed by atoms with Crippen molar-refractivity contribution in [1.82, 2.24) is 5.32 Å². The molecule has 0 fully saturated rings. The summed E-state index contributed by atoms with van der Waals surface area (Å²) in [4.78, 5) is 36.0. The Morgan fingerprint density at radius 1 is 0.867 bits per heavy atom. The topological polar surface area (TPSA) is 100 Å². The number of amides is 3. The minimum Gasteiger partial charge on any atom is -0.459 e. The van der Waals surface area contributed by atoms with Crippen LogP contribution in [-0.4, -0.2) is 17.7 Å². The lowest BCUT2D eigenvalue weighted by Gasteiger charge is -2.15. The predicted molar refractivity (Wildman–Crippen MR) is 114 cm³/mol. The molecule has 3 amide bonds. The lowest BCUT2D eigenvalue weighted by molar-refractivity contribution is -0.115. The van der Waals surface area contributed by atoms with Gasteiger partial charge in [-0.3, -0.25) is 14.4 Å². The largest absolute Gasteiger partial charge is 0.459 e. The predicted octanol–water partition coefficient (Wildman–Crippen LogP) is 4.37. The highest BCUT2D eigenvalue weighted by Gasteiger charge is 2.13. The molecule has 7 nitrogen and oxygen atoms in total. The molecule has 0 radical (unpaired) electrons. The van der Waals surface area contributed by atoms with Gasteiger partial charge < -0.3 is 20.4 Å². The quantitative estimate of drug-likeness (QED) is 0.543. The molecule has 2 aromatic carbocycles. The van der Waals surface area contributed by atoms with Crippen LogP contribution in [0.4, 0.5) is 11.4 Å². The van der Waals surface area contributed by atoms with Crippen molar-refractivity contribution in [1.29, 1.82) is 0 Å². The lowest BCUT2D eigenvalue weighted by atomic mass is 10.1. The zero-order valence-corrected chi connectivity index (χ0v) is 16.8. The van der Waals surface area contributed by atoms with Crippen molar-refractivity contribution in [2.24, 2.45) is 0 Å². The summed E-state index contributed by atoms with van der Waals surface area (Å²) in [6, 6.07) is 16.9. The summed E-state index contributed by atoms with van der Waals surface area (Å²) in [5.41, 5.74) is 2.67. The van der Waals surface area contributed by atoms with E-state index in [2.05, 4.69) is 16.0 Å². The monoisotopic (exact) mass is 405 g/mol. The van der Waals surface area contributed by atoms with Gasteiger partial charge in [0, 0.05) is 23.4 Å². The summed E-state index contributed by atoms with van der Waals surface area (Å²) in [5, 5.41) is 8.43. The number of carbonyl (C=O) groups is 3. The Kier molecular flexibility index (Phi) is 6.64. The van der Waals surface area contributed by atoms with E-state index in [9.17, 15) is 14.4 Å². The number of rotatable bonds is 7. The summed E-state index contributed by atoms with van der Waals surface area (Å²) in [6.07, 6.45) is 1.85. The van der Waals surface area contributed by atoms with Gasteiger partial charge in [-0.2, -0.15) is 0 Å². The maximum absolute atomic E-state index is 12.5. The molecule has 1 atom stereocenters. The number of hydrogen-bond acceptors (Lipinski definition) is 4. The highest BCUT2D eigenvalue weighted by molar-refractivity contribution is 6.02. The van der Waals surface area contributed by atoms with Crippen LogP contribution in [-0.2, 0) is 4.79 Å². The molecule has 3 N–H and O–H groups in total. The second kappa shape index (κ2) is 9.56. The van der Waals surface area contributed by atoms with E-state index < -0.39 is 0 Å². The summed E-state index contributed by atoms with van der Waals surface area (Å²) in [6.45, 7) is 3.68. The molecule has 0 bridgehead atoms. The van der Waals surface area contributed by atoms with Crippen LogP contribution in [0.5, 0.6) is 0 Å². The molecule has 30 heavy (non-hydrogen) atoms. The van der Waals surface area contributed by atoms with E-state index in [4.69, 9.17) is 4.42 Å². The molecule has 0 aliphatic heterocycles. The van der Waals surface area contributed by atoms with Gasteiger partial charge in [-0.1, -0.05) is 19.1 Å². The fourth-order valence-corrected chi connectivity index (χ4v) is 2.77. The normalized spacial score (nSPS) is 11.4. The summed E-state index contributed by atoms with van der Waals surface area (Å²) < 4.78 is 5.05. The van der Waals surface area contributed by atoms with E-state index in [0.717, 1.165) is 11.3 Å². The third kappa shape index (κ3) is 5.35. The number of benzene rings is 2. The van der Waals surface area contributed by atoms with Gasteiger partial charge in [0.1, 0.15) is 0 Å². The van der Waals surface area contributed by atoms with Crippen molar-refractivity contribution >= 4 is 29.1 Å². The number of anilines is 2. The average molecular weight is 405 g/mol. The fourth-order valence-electron chi connectivity index (χ4n) is 2.77. The fraction of sp³-hybridized carbons (Fsp3) is 0.174. The molecule has 154 valence electrons. The Morgan fingerprint density at radius 2 is 1.50 bits per heavy atom. The first-order chi connectivity index (χ1) is 14.5. The minimum absolute atomic E-state index is 0.0482. The van der Waals surface area contributed by atoms with Gasteiger partial charge in [0.05, 0.1) is 12.3 Å². The highest BCUT2D eigenvalue weighted by atomic mass is 16.3. The highest BCUT2D eigenvalue weighted by Crippen LogP contribution is 2.18. The van der Waals surface area contributed by atoms with E-state index in [0.29, 0.717) is 17.7 Å². The maximum Gasteiger partial charge on any atom is 0.291 e.